The van der Waals surface area contributed by atoms with Gasteiger partial charge in [-0.1, -0.05) is 48.5 Å². The molecule has 1 aliphatic rings. The molecule has 154 valence electrons. The molecule has 2 aromatic carbocycles. The highest BCUT2D eigenvalue weighted by molar-refractivity contribution is 8.18. The van der Waals surface area contributed by atoms with Gasteiger partial charge < -0.3 is 4.42 Å². The first-order valence-electron chi connectivity index (χ1n) is 9.51. The zero-order valence-corrected chi connectivity index (χ0v) is 17.2. The van der Waals surface area contributed by atoms with Gasteiger partial charge in [0.15, 0.2) is 5.17 Å². The SMILES string of the molecule is O=C1/C(=C/c2ccc(F)cc2)S\C(=N/N=C/C=C/c2ccccc2)N1Cc1ccco1. The van der Waals surface area contributed by atoms with Gasteiger partial charge in [-0.2, -0.15) is 5.10 Å². The largest absolute Gasteiger partial charge is 0.467 e. The van der Waals surface area contributed by atoms with Gasteiger partial charge in [-0.25, -0.2) is 4.39 Å². The summed E-state index contributed by atoms with van der Waals surface area (Å²) in [5, 5.41) is 8.77. The third-order valence-corrected chi connectivity index (χ3v) is 5.33. The summed E-state index contributed by atoms with van der Waals surface area (Å²) in [7, 11) is 0. The first-order chi connectivity index (χ1) is 15.2. The Hall–Kier alpha value is -3.71. The van der Waals surface area contributed by atoms with Crippen molar-refractivity contribution in [2.75, 3.05) is 0 Å². The van der Waals surface area contributed by atoms with Crippen molar-refractivity contribution in [3.8, 4) is 0 Å². The number of benzene rings is 2. The quantitative estimate of drug-likeness (QED) is 0.290. The van der Waals surface area contributed by atoms with E-state index in [4.69, 9.17) is 4.42 Å². The molecule has 1 aliphatic heterocycles. The minimum Gasteiger partial charge on any atom is -0.467 e. The Morgan fingerprint density at radius 2 is 1.81 bits per heavy atom. The molecule has 0 spiro atoms. The Balaban J connectivity index is 1.54. The van der Waals surface area contributed by atoms with Crippen LogP contribution in [0.2, 0.25) is 0 Å². The Bertz CT molecular complexity index is 1150. The number of hydrogen-bond acceptors (Lipinski definition) is 5. The first-order valence-corrected chi connectivity index (χ1v) is 10.3. The molecular weight excluding hydrogens is 413 g/mol. The zero-order valence-electron chi connectivity index (χ0n) is 16.4. The van der Waals surface area contributed by atoms with Gasteiger partial charge in [0, 0.05) is 6.21 Å². The van der Waals surface area contributed by atoms with Gasteiger partial charge in [-0.05, 0) is 59.3 Å². The molecule has 1 fully saturated rings. The van der Waals surface area contributed by atoms with E-state index in [9.17, 15) is 9.18 Å². The monoisotopic (exact) mass is 431 g/mol. The summed E-state index contributed by atoms with van der Waals surface area (Å²) < 4.78 is 18.6. The van der Waals surface area contributed by atoms with E-state index in [1.807, 2.05) is 36.4 Å². The molecule has 0 saturated carbocycles. The fraction of sp³-hybridized carbons (Fsp3) is 0.0417. The maximum absolute atomic E-state index is 13.2. The van der Waals surface area contributed by atoms with E-state index in [0.29, 0.717) is 15.8 Å². The number of nitrogens with zero attached hydrogens (tertiary/aromatic N) is 3. The van der Waals surface area contributed by atoms with Crippen LogP contribution in [-0.4, -0.2) is 22.2 Å². The molecular formula is C24H18FN3O2S. The lowest BCUT2D eigenvalue weighted by atomic mass is 10.2. The smallest absolute Gasteiger partial charge is 0.267 e. The number of allylic oxidation sites excluding steroid dienone is 1. The Morgan fingerprint density at radius 1 is 1.00 bits per heavy atom. The van der Waals surface area contributed by atoms with E-state index in [-0.39, 0.29) is 18.3 Å². The first kappa shape index (κ1) is 20.6. The second kappa shape index (κ2) is 9.86. The molecule has 0 atom stereocenters. The van der Waals surface area contributed by atoms with Gasteiger partial charge in [0.1, 0.15) is 11.6 Å². The van der Waals surface area contributed by atoms with Crippen molar-refractivity contribution < 1.29 is 13.6 Å². The molecule has 0 bridgehead atoms. The minimum atomic E-state index is -0.327. The van der Waals surface area contributed by atoms with Crippen molar-refractivity contribution in [3.63, 3.8) is 0 Å². The van der Waals surface area contributed by atoms with Gasteiger partial charge in [0.05, 0.1) is 17.7 Å². The standard InChI is InChI=1S/C24H18FN3O2S/c25-20-12-10-19(11-13-20)16-22-23(29)28(17-21-9-5-15-30-21)24(31-22)27-26-14-4-8-18-6-2-1-3-7-18/h1-16H,17H2/b8-4+,22-16-,26-14+,27-24-. The summed E-state index contributed by atoms with van der Waals surface area (Å²) in [5.41, 5.74) is 1.78. The molecule has 0 N–H and O–H groups in total. The molecule has 5 nitrogen and oxygen atoms in total. The van der Waals surface area contributed by atoms with Crippen molar-refractivity contribution in [1.29, 1.82) is 0 Å². The molecule has 2 heterocycles. The number of carbonyl (C=O) groups excluding carboxylic acids is 1. The van der Waals surface area contributed by atoms with E-state index in [0.717, 1.165) is 11.1 Å². The zero-order chi connectivity index (χ0) is 21.5. The van der Waals surface area contributed by atoms with Crippen LogP contribution in [0, 0.1) is 5.82 Å². The average molecular weight is 431 g/mol. The van der Waals surface area contributed by atoms with Crippen LogP contribution in [0.3, 0.4) is 0 Å². The van der Waals surface area contributed by atoms with Gasteiger partial charge in [-0.15, -0.1) is 5.10 Å². The molecule has 1 amide bonds. The van der Waals surface area contributed by atoms with Gasteiger partial charge in [0.2, 0.25) is 0 Å². The number of amidine groups is 1. The summed E-state index contributed by atoms with van der Waals surface area (Å²) in [6.45, 7) is 0.244. The van der Waals surface area contributed by atoms with Crippen molar-refractivity contribution in [2.24, 2.45) is 10.2 Å². The van der Waals surface area contributed by atoms with E-state index >= 15 is 0 Å². The fourth-order valence-corrected chi connectivity index (χ4v) is 3.77. The number of halogens is 1. The van der Waals surface area contributed by atoms with Crippen LogP contribution >= 0.6 is 11.8 Å². The Kier molecular flexibility index (Phi) is 6.54. The third kappa shape index (κ3) is 5.46. The molecule has 31 heavy (non-hydrogen) atoms. The van der Waals surface area contributed by atoms with Gasteiger partial charge in [-0.3, -0.25) is 9.69 Å². The summed E-state index contributed by atoms with van der Waals surface area (Å²) in [6.07, 6.45) is 8.53. The van der Waals surface area contributed by atoms with Gasteiger partial charge in [0.25, 0.3) is 5.91 Å². The molecule has 3 aromatic rings. The average Bonchev–Trinajstić information content (AvgIpc) is 3.40. The van der Waals surface area contributed by atoms with Crippen molar-refractivity contribution in [1.82, 2.24) is 4.90 Å². The number of furan rings is 1. The maximum atomic E-state index is 13.2. The van der Waals surface area contributed by atoms with Crippen LogP contribution in [0.5, 0.6) is 0 Å². The van der Waals surface area contributed by atoms with E-state index in [1.54, 1.807) is 48.9 Å². The van der Waals surface area contributed by atoms with E-state index in [1.165, 1.54) is 28.8 Å². The molecule has 0 unspecified atom stereocenters. The van der Waals surface area contributed by atoms with Crippen LogP contribution in [0.25, 0.3) is 12.2 Å². The summed E-state index contributed by atoms with van der Waals surface area (Å²) in [6, 6.07) is 19.4. The van der Waals surface area contributed by atoms with Crippen LogP contribution < -0.4 is 0 Å². The Labute approximate surface area is 183 Å². The molecule has 4 rings (SSSR count). The lowest BCUT2D eigenvalue weighted by molar-refractivity contribution is -0.122. The number of amides is 1. The lowest BCUT2D eigenvalue weighted by Crippen LogP contribution is -2.28. The number of thioether (sulfide) groups is 1. The predicted molar refractivity (Wildman–Crippen MR) is 123 cm³/mol. The molecule has 1 aromatic heterocycles. The normalized spacial score (nSPS) is 17.1. The molecule has 7 heteroatoms. The second-order valence-corrected chi connectivity index (χ2v) is 7.56. The highest BCUT2D eigenvalue weighted by Crippen LogP contribution is 2.33. The molecule has 0 aliphatic carbocycles. The second-order valence-electron chi connectivity index (χ2n) is 6.55. The number of rotatable bonds is 6. The van der Waals surface area contributed by atoms with E-state index < -0.39 is 0 Å². The van der Waals surface area contributed by atoms with Crippen molar-refractivity contribution in [2.45, 2.75) is 6.54 Å². The highest BCUT2D eigenvalue weighted by Gasteiger charge is 2.34. The summed E-state index contributed by atoms with van der Waals surface area (Å²) in [4.78, 5) is 15.0. The van der Waals surface area contributed by atoms with Crippen molar-refractivity contribution >= 4 is 41.2 Å². The summed E-state index contributed by atoms with van der Waals surface area (Å²) in [5.74, 6) is 0.101. The lowest BCUT2D eigenvalue weighted by Gasteiger charge is -2.12. The molecule has 0 radical (unpaired) electrons. The van der Waals surface area contributed by atoms with Crippen LogP contribution in [0.1, 0.15) is 16.9 Å². The number of carbonyl (C=O) groups is 1. The van der Waals surface area contributed by atoms with Crippen LogP contribution in [0.4, 0.5) is 4.39 Å². The van der Waals surface area contributed by atoms with Crippen LogP contribution in [-0.2, 0) is 11.3 Å². The highest BCUT2D eigenvalue weighted by atomic mass is 32.2. The Morgan fingerprint density at radius 3 is 2.55 bits per heavy atom. The van der Waals surface area contributed by atoms with E-state index in [2.05, 4.69) is 10.2 Å². The predicted octanol–water partition coefficient (Wildman–Crippen LogP) is 5.59. The summed E-state index contributed by atoms with van der Waals surface area (Å²) >= 11 is 1.22. The minimum absolute atomic E-state index is 0.209. The third-order valence-electron chi connectivity index (χ3n) is 4.33. The number of hydrogen-bond donors (Lipinski definition) is 0. The maximum Gasteiger partial charge on any atom is 0.267 e. The topological polar surface area (TPSA) is 58.2 Å². The van der Waals surface area contributed by atoms with Gasteiger partial charge >= 0.3 is 0 Å². The van der Waals surface area contributed by atoms with Crippen molar-refractivity contribution in [3.05, 3.63) is 107 Å². The fourth-order valence-electron chi connectivity index (χ4n) is 2.83. The van der Waals surface area contributed by atoms with Crippen LogP contribution in [0.15, 0.2) is 98.6 Å². The molecule has 1 saturated heterocycles.